The number of hydrogen-bond acceptors (Lipinski definition) is 5. The smallest absolute Gasteiger partial charge is 0.344 e. The lowest BCUT2D eigenvalue weighted by Crippen LogP contribution is -2.23. The second kappa shape index (κ2) is 8.88. The first-order chi connectivity index (χ1) is 11.6. The number of aromatic nitrogens is 1. The predicted octanol–water partition coefficient (Wildman–Crippen LogP) is 2.86. The molecule has 0 aliphatic rings. The molecule has 2 aromatic rings. The molecule has 126 valence electrons. The highest BCUT2D eigenvalue weighted by Crippen LogP contribution is 2.17. The van der Waals surface area contributed by atoms with Gasteiger partial charge in [0.05, 0.1) is 5.69 Å². The van der Waals surface area contributed by atoms with Crippen molar-refractivity contribution in [2.45, 2.75) is 13.3 Å². The quantitative estimate of drug-likeness (QED) is 0.615. The molecule has 1 N–H and O–H groups in total. The Labute approximate surface area is 144 Å². The van der Waals surface area contributed by atoms with E-state index in [-0.39, 0.29) is 11.8 Å². The Bertz CT molecular complexity index is 704. The average Bonchev–Trinajstić information content (AvgIpc) is 2.60. The summed E-state index contributed by atoms with van der Waals surface area (Å²) in [4.78, 5) is 27.1. The van der Waals surface area contributed by atoms with Gasteiger partial charge >= 0.3 is 5.97 Å². The SMILES string of the molecule is CCc1ccc(OCC(=O)OCC(=O)Nc2cccnc2Cl)cc1. The maximum atomic E-state index is 11.7. The van der Waals surface area contributed by atoms with Crippen LogP contribution in [0.2, 0.25) is 5.15 Å². The molecule has 0 unspecified atom stereocenters. The van der Waals surface area contributed by atoms with E-state index in [4.69, 9.17) is 21.1 Å². The van der Waals surface area contributed by atoms with Gasteiger partial charge in [0.1, 0.15) is 5.75 Å². The lowest BCUT2D eigenvalue weighted by molar-refractivity contribution is -0.149. The van der Waals surface area contributed by atoms with E-state index in [0.29, 0.717) is 11.4 Å². The number of nitrogens with zero attached hydrogens (tertiary/aromatic N) is 1. The Morgan fingerprint density at radius 1 is 1.17 bits per heavy atom. The molecule has 0 saturated carbocycles. The van der Waals surface area contributed by atoms with Crippen LogP contribution in [0.25, 0.3) is 0 Å². The molecule has 1 aromatic heterocycles. The first kappa shape index (κ1) is 17.7. The largest absolute Gasteiger partial charge is 0.482 e. The number of esters is 1. The zero-order chi connectivity index (χ0) is 17.4. The van der Waals surface area contributed by atoms with Crippen molar-refractivity contribution in [1.82, 2.24) is 4.98 Å². The number of carbonyl (C=O) groups excluding carboxylic acids is 2. The number of rotatable bonds is 7. The van der Waals surface area contributed by atoms with Crippen LogP contribution in [0.15, 0.2) is 42.6 Å². The molecule has 0 spiro atoms. The van der Waals surface area contributed by atoms with Crippen LogP contribution >= 0.6 is 11.6 Å². The van der Waals surface area contributed by atoms with E-state index in [2.05, 4.69) is 17.2 Å². The van der Waals surface area contributed by atoms with Crippen LogP contribution in [0.3, 0.4) is 0 Å². The Hall–Kier alpha value is -2.60. The van der Waals surface area contributed by atoms with Gasteiger partial charge < -0.3 is 14.8 Å². The molecular weight excluding hydrogens is 332 g/mol. The Balaban J connectivity index is 1.72. The highest BCUT2D eigenvalue weighted by molar-refractivity contribution is 6.32. The second-order valence-electron chi connectivity index (χ2n) is 4.84. The van der Waals surface area contributed by atoms with Gasteiger partial charge in [0, 0.05) is 6.20 Å². The van der Waals surface area contributed by atoms with Crippen molar-refractivity contribution >= 4 is 29.2 Å². The first-order valence-electron chi connectivity index (χ1n) is 7.36. The number of benzene rings is 1. The molecular formula is C17H17ClN2O4. The van der Waals surface area contributed by atoms with Crippen molar-refractivity contribution in [3.8, 4) is 5.75 Å². The van der Waals surface area contributed by atoms with Gasteiger partial charge in [0.25, 0.3) is 5.91 Å². The van der Waals surface area contributed by atoms with Crippen molar-refractivity contribution in [2.75, 3.05) is 18.5 Å². The zero-order valence-electron chi connectivity index (χ0n) is 13.1. The van der Waals surface area contributed by atoms with Gasteiger partial charge in [-0.15, -0.1) is 0 Å². The van der Waals surface area contributed by atoms with Crippen molar-refractivity contribution in [2.24, 2.45) is 0 Å². The average molecular weight is 349 g/mol. The third kappa shape index (κ3) is 5.55. The molecule has 1 heterocycles. The van der Waals surface area contributed by atoms with Crippen LogP contribution in [0.1, 0.15) is 12.5 Å². The van der Waals surface area contributed by atoms with E-state index >= 15 is 0 Å². The van der Waals surface area contributed by atoms with Crippen LogP contribution < -0.4 is 10.1 Å². The summed E-state index contributed by atoms with van der Waals surface area (Å²) in [6.45, 7) is 1.35. The molecule has 2 rings (SSSR count). The van der Waals surface area contributed by atoms with Gasteiger partial charge in [0.2, 0.25) is 0 Å². The monoisotopic (exact) mass is 348 g/mol. The number of pyridine rings is 1. The van der Waals surface area contributed by atoms with E-state index < -0.39 is 18.5 Å². The van der Waals surface area contributed by atoms with Gasteiger partial charge in [-0.25, -0.2) is 9.78 Å². The van der Waals surface area contributed by atoms with Crippen LogP contribution in [0.5, 0.6) is 5.75 Å². The lowest BCUT2D eigenvalue weighted by Gasteiger charge is -2.08. The van der Waals surface area contributed by atoms with Crippen molar-refractivity contribution in [1.29, 1.82) is 0 Å². The summed E-state index contributed by atoms with van der Waals surface area (Å²) < 4.78 is 10.1. The lowest BCUT2D eigenvalue weighted by atomic mass is 10.2. The number of ether oxygens (including phenoxy) is 2. The highest BCUT2D eigenvalue weighted by atomic mass is 35.5. The molecule has 24 heavy (non-hydrogen) atoms. The number of anilines is 1. The third-order valence-corrected chi connectivity index (χ3v) is 3.39. The fourth-order valence-corrected chi connectivity index (χ4v) is 1.98. The summed E-state index contributed by atoms with van der Waals surface area (Å²) >= 11 is 5.82. The molecule has 1 aromatic carbocycles. The van der Waals surface area contributed by atoms with E-state index in [1.165, 1.54) is 11.8 Å². The molecule has 7 heteroatoms. The number of aryl methyl sites for hydroxylation is 1. The van der Waals surface area contributed by atoms with Gasteiger partial charge in [-0.3, -0.25) is 4.79 Å². The minimum Gasteiger partial charge on any atom is -0.482 e. The van der Waals surface area contributed by atoms with Gasteiger partial charge in [-0.05, 0) is 36.2 Å². The Morgan fingerprint density at radius 2 is 1.92 bits per heavy atom. The standard InChI is InChI=1S/C17H17ClN2O4/c1-2-12-5-7-13(8-6-12)23-11-16(22)24-10-15(21)20-14-4-3-9-19-17(14)18/h3-9H,2,10-11H2,1H3,(H,20,21). The number of carbonyl (C=O) groups is 2. The van der Waals surface area contributed by atoms with Crippen molar-refractivity contribution in [3.63, 3.8) is 0 Å². The van der Waals surface area contributed by atoms with E-state index in [1.807, 2.05) is 12.1 Å². The molecule has 0 fully saturated rings. The van der Waals surface area contributed by atoms with E-state index in [9.17, 15) is 9.59 Å². The first-order valence-corrected chi connectivity index (χ1v) is 7.74. The maximum Gasteiger partial charge on any atom is 0.344 e. The summed E-state index contributed by atoms with van der Waals surface area (Å²) in [6.07, 6.45) is 2.43. The van der Waals surface area contributed by atoms with Crippen molar-refractivity contribution < 1.29 is 19.1 Å². The van der Waals surface area contributed by atoms with Gasteiger partial charge in [0.15, 0.2) is 18.4 Å². The molecule has 0 bridgehead atoms. The van der Waals surface area contributed by atoms with Crippen LogP contribution in [-0.4, -0.2) is 30.1 Å². The fourth-order valence-electron chi connectivity index (χ4n) is 1.82. The second-order valence-corrected chi connectivity index (χ2v) is 5.19. The third-order valence-electron chi connectivity index (χ3n) is 3.09. The fraction of sp³-hybridized carbons (Fsp3) is 0.235. The molecule has 0 saturated heterocycles. The van der Waals surface area contributed by atoms with Crippen LogP contribution in [0, 0.1) is 0 Å². The summed E-state index contributed by atoms with van der Waals surface area (Å²) in [5.74, 6) is -0.580. The van der Waals surface area contributed by atoms with E-state index in [1.54, 1.807) is 24.3 Å². The summed E-state index contributed by atoms with van der Waals surface area (Å²) in [6, 6.07) is 10.6. The molecule has 0 atom stereocenters. The normalized spacial score (nSPS) is 10.1. The van der Waals surface area contributed by atoms with Crippen LogP contribution in [-0.2, 0) is 20.7 Å². The predicted molar refractivity (Wildman–Crippen MR) is 90.2 cm³/mol. The summed E-state index contributed by atoms with van der Waals surface area (Å²) in [5, 5.41) is 2.66. The Kier molecular flexibility index (Phi) is 6.57. The number of halogens is 1. The van der Waals surface area contributed by atoms with Crippen molar-refractivity contribution in [3.05, 3.63) is 53.3 Å². The highest BCUT2D eigenvalue weighted by Gasteiger charge is 2.10. The number of hydrogen-bond donors (Lipinski definition) is 1. The summed E-state index contributed by atoms with van der Waals surface area (Å²) in [5.41, 5.74) is 1.53. The summed E-state index contributed by atoms with van der Waals surface area (Å²) in [7, 11) is 0. The van der Waals surface area contributed by atoms with Gasteiger partial charge in [-0.1, -0.05) is 30.7 Å². The topological polar surface area (TPSA) is 77.5 Å². The number of nitrogens with one attached hydrogen (secondary N) is 1. The molecule has 0 radical (unpaired) electrons. The molecule has 1 amide bonds. The van der Waals surface area contributed by atoms with Crippen LogP contribution in [0.4, 0.5) is 5.69 Å². The molecule has 6 nitrogen and oxygen atoms in total. The molecule has 0 aliphatic carbocycles. The van der Waals surface area contributed by atoms with E-state index in [0.717, 1.165) is 6.42 Å². The van der Waals surface area contributed by atoms with Gasteiger partial charge in [-0.2, -0.15) is 0 Å². The number of amides is 1. The minimum atomic E-state index is -0.637. The maximum absolute atomic E-state index is 11.7. The Morgan fingerprint density at radius 3 is 2.58 bits per heavy atom. The zero-order valence-corrected chi connectivity index (χ0v) is 13.9. The molecule has 0 aliphatic heterocycles. The minimum absolute atomic E-state index is 0.163.